The minimum atomic E-state index is -0.438. The molecule has 0 saturated heterocycles. The summed E-state index contributed by atoms with van der Waals surface area (Å²) in [5.41, 5.74) is 6.06. The molecule has 1 unspecified atom stereocenters. The van der Waals surface area contributed by atoms with Crippen LogP contribution in [0.1, 0.15) is 27.6 Å². The first-order valence-electron chi connectivity index (χ1n) is 17.6. The summed E-state index contributed by atoms with van der Waals surface area (Å²) in [5.74, 6) is 0.249. The van der Waals surface area contributed by atoms with E-state index >= 15 is 0 Å². The molecule has 4 heterocycles. The fourth-order valence-electron chi connectivity index (χ4n) is 6.03. The summed E-state index contributed by atoms with van der Waals surface area (Å²) in [6.45, 7) is 2.81. The van der Waals surface area contributed by atoms with E-state index in [9.17, 15) is 4.79 Å². The second kappa shape index (κ2) is 18.5. The van der Waals surface area contributed by atoms with E-state index < -0.39 is 6.10 Å². The Morgan fingerprint density at radius 2 is 1.65 bits per heavy atom. The van der Waals surface area contributed by atoms with Gasteiger partial charge in [-0.1, -0.05) is 65.1 Å². The number of nitrogens with one attached hydrogen (secondary N) is 2. The number of aromatic amines is 1. The number of fused-ring (bicyclic) bond motifs is 3. The van der Waals surface area contributed by atoms with Crippen molar-refractivity contribution in [1.82, 2.24) is 29.8 Å². The third kappa shape index (κ3) is 10.0. The molecule has 55 heavy (non-hydrogen) atoms. The normalized spacial score (nSPS) is 12.0. The fourth-order valence-corrected chi connectivity index (χ4v) is 6.79. The van der Waals surface area contributed by atoms with Crippen LogP contribution in [0.15, 0.2) is 110 Å². The van der Waals surface area contributed by atoms with Crippen molar-refractivity contribution < 1.29 is 23.7 Å². The maximum atomic E-state index is 12.9. The number of ether oxygens (including phenoxy) is 4. The summed E-state index contributed by atoms with van der Waals surface area (Å²) in [7, 11) is 0. The summed E-state index contributed by atoms with van der Waals surface area (Å²) < 4.78 is 25.3. The van der Waals surface area contributed by atoms with Crippen LogP contribution in [0.4, 0.5) is 0 Å². The van der Waals surface area contributed by atoms with Gasteiger partial charge in [-0.05, 0) is 47.5 Å². The highest BCUT2D eigenvalue weighted by molar-refractivity contribution is 6.35. The number of rotatable bonds is 18. The SMILES string of the molecule is O=C(NCCOCCOCCOc1cc2[nH]c3cc(-c4cccnc4)ccc3c2cn1)c1ccc(C(Cn2ccnc2)OCc2ccc(Cl)cc2Cl)c(Cl)c1. The summed E-state index contributed by atoms with van der Waals surface area (Å²) in [6, 6.07) is 22.6. The van der Waals surface area contributed by atoms with Crippen molar-refractivity contribution in [2.75, 3.05) is 39.6 Å². The number of carbonyl (C=O) groups is 1. The molecular weight excluding hydrogens is 763 g/mol. The van der Waals surface area contributed by atoms with Gasteiger partial charge < -0.3 is 33.8 Å². The van der Waals surface area contributed by atoms with E-state index in [4.69, 9.17) is 53.8 Å². The maximum Gasteiger partial charge on any atom is 0.251 e. The monoisotopic (exact) mass is 798 g/mol. The molecule has 0 aliphatic carbocycles. The molecule has 0 aliphatic heterocycles. The largest absolute Gasteiger partial charge is 0.475 e. The zero-order chi connectivity index (χ0) is 38.0. The summed E-state index contributed by atoms with van der Waals surface area (Å²) >= 11 is 19.1. The molecule has 7 aromatic rings. The van der Waals surface area contributed by atoms with Crippen LogP contribution in [0.2, 0.25) is 15.1 Å². The fraction of sp³-hybridized carbons (Fsp3) is 0.220. The Morgan fingerprint density at radius 3 is 2.45 bits per heavy atom. The number of H-pyrrole nitrogens is 1. The lowest BCUT2D eigenvalue weighted by molar-refractivity contribution is 0.0280. The van der Waals surface area contributed by atoms with Crippen molar-refractivity contribution in [1.29, 1.82) is 0 Å². The van der Waals surface area contributed by atoms with E-state index in [2.05, 4.69) is 43.5 Å². The lowest BCUT2D eigenvalue weighted by Crippen LogP contribution is -2.27. The van der Waals surface area contributed by atoms with Crippen molar-refractivity contribution in [3.8, 4) is 17.0 Å². The van der Waals surface area contributed by atoms with Gasteiger partial charge in [-0.25, -0.2) is 9.97 Å². The molecule has 0 bridgehead atoms. The molecule has 0 fully saturated rings. The molecule has 0 spiro atoms. The molecule has 0 aliphatic rings. The molecule has 4 aromatic heterocycles. The molecule has 3 aromatic carbocycles. The van der Waals surface area contributed by atoms with Crippen molar-refractivity contribution in [2.45, 2.75) is 19.3 Å². The van der Waals surface area contributed by atoms with Gasteiger partial charge in [-0.2, -0.15) is 0 Å². The number of hydrogen-bond acceptors (Lipinski definition) is 8. The van der Waals surface area contributed by atoms with Gasteiger partial charge >= 0.3 is 0 Å². The number of hydrogen-bond donors (Lipinski definition) is 2. The first-order chi connectivity index (χ1) is 26.9. The van der Waals surface area contributed by atoms with Gasteiger partial charge in [0.25, 0.3) is 5.91 Å². The molecule has 11 nitrogen and oxygen atoms in total. The smallest absolute Gasteiger partial charge is 0.251 e. The molecule has 0 saturated carbocycles. The van der Waals surface area contributed by atoms with E-state index in [1.54, 1.807) is 49.1 Å². The topological polar surface area (TPSA) is 125 Å². The van der Waals surface area contributed by atoms with Crippen LogP contribution in [0.5, 0.6) is 5.88 Å². The van der Waals surface area contributed by atoms with Crippen LogP contribution in [0.3, 0.4) is 0 Å². The molecular formula is C41H37Cl3N6O5. The van der Waals surface area contributed by atoms with E-state index in [-0.39, 0.29) is 12.5 Å². The Hall–Kier alpha value is -5.01. The predicted octanol–water partition coefficient (Wildman–Crippen LogP) is 8.73. The van der Waals surface area contributed by atoms with Crippen LogP contribution in [0, 0.1) is 0 Å². The second-order valence-electron chi connectivity index (χ2n) is 12.6. The molecule has 0 radical (unpaired) electrons. The average Bonchev–Trinajstić information content (AvgIpc) is 3.85. The summed E-state index contributed by atoms with van der Waals surface area (Å²) in [4.78, 5) is 29.2. The van der Waals surface area contributed by atoms with Gasteiger partial charge in [-0.15, -0.1) is 0 Å². The van der Waals surface area contributed by atoms with Gasteiger partial charge in [0.15, 0.2) is 0 Å². The molecule has 14 heteroatoms. The molecule has 1 atom stereocenters. The quantitative estimate of drug-likeness (QED) is 0.0827. The number of halogens is 3. The highest BCUT2D eigenvalue weighted by atomic mass is 35.5. The van der Waals surface area contributed by atoms with Gasteiger partial charge in [0.2, 0.25) is 5.88 Å². The zero-order valence-electron chi connectivity index (χ0n) is 29.6. The third-order valence-corrected chi connectivity index (χ3v) is 9.75. The Labute approximate surface area is 332 Å². The highest BCUT2D eigenvalue weighted by Crippen LogP contribution is 2.32. The third-order valence-electron chi connectivity index (χ3n) is 8.83. The number of pyridine rings is 2. The number of aromatic nitrogens is 5. The number of imidazole rings is 1. The van der Waals surface area contributed by atoms with Gasteiger partial charge in [0.1, 0.15) is 12.7 Å². The molecule has 2 N–H and O–H groups in total. The van der Waals surface area contributed by atoms with Crippen molar-refractivity contribution in [3.63, 3.8) is 0 Å². The van der Waals surface area contributed by atoms with Crippen molar-refractivity contribution in [3.05, 3.63) is 142 Å². The highest BCUT2D eigenvalue weighted by Gasteiger charge is 2.19. The van der Waals surface area contributed by atoms with Gasteiger partial charge in [0, 0.05) is 91.6 Å². The minimum Gasteiger partial charge on any atom is -0.475 e. The average molecular weight is 800 g/mol. The summed E-state index contributed by atoms with van der Waals surface area (Å²) in [6.07, 6.45) is 10.2. The Bertz CT molecular complexity index is 2360. The lowest BCUT2D eigenvalue weighted by atomic mass is 10.1. The van der Waals surface area contributed by atoms with Crippen molar-refractivity contribution >= 4 is 62.5 Å². The number of benzene rings is 3. The van der Waals surface area contributed by atoms with Crippen LogP contribution in [-0.2, 0) is 27.4 Å². The van der Waals surface area contributed by atoms with Crippen molar-refractivity contribution in [2.24, 2.45) is 0 Å². The predicted molar refractivity (Wildman–Crippen MR) is 214 cm³/mol. The van der Waals surface area contributed by atoms with E-state index in [0.717, 1.165) is 44.1 Å². The van der Waals surface area contributed by atoms with Gasteiger partial charge in [0.05, 0.1) is 51.4 Å². The Kier molecular flexibility index (Phi) is 12.9. The van der Waals surface area contributed by atoms with Crippen LogP contribution < -0.4 is 10.1 Å². The van der Waals surface area contributed by atoms with E-state index in [1.165, 1.54) is 0 Å². The standard InChI is InChI=1S/C41H37Cl3N6O5/c42-31-6-3-30(35(43)20-31)25-55-39(24-50-12-10-46-26-50)33-8-5-28(18-36(33)44)41(51)47-11-13-52-14-15-53-16-17-54-40-21-38-34(23-48-40)32-7-4-27(19-37(32)49-38)29-2-1-9-45-22-29/h1-10,12,18-23,26,39,49H,11,13-17,24-25H2,(H,47,51). The first kappa shape index (κ1) is 38.3. The number of carbonyl (C=O) groups excluding carboxylic acids is 1. The van der Waals surface area contributed by atoms with E-state index in [1.807, 2.05) is 47.4 Å². The summed E-state index contributed by atoms with van der Waals surface area (Å²) in [5, 5.41) is 6.45. The van der Waals surface area contributed by atoms with Crippen LogP contribution in [0.25, 0.3) is 32.9 Å². The van der Waals surface area contributed by atoms with Gasteiger partial charge in [-0.3, -0.25) is 9.78 Å². The Morgan fingerprint density at radius 1 is 0.800 bits per heavy atom. The molecule has 1 amide bonds. The van der Waals surface area contributed by atoms with Crippen LogP contribution in [-0.4, -0.2) is 70.0 Å². The number of nitrogens with zero attached hydrogens (tertiary/aromatic N) is 4. The van der Waals surface area contributed by atoms with Crippen LogP contribution >= 0.6 is 34.8 Å². The first-order valence-corrected chi connectivity index (χ1v) is 18.7. The lowest BCUT2D eigenvalue weighted by Gasteiger charge is -2.21. The maximum absolute atomic E-state index is 12.9. The second-order valence-corrected chi connectivity index (χ2v) is 13.8. The zero-order valence-corrected chi connectivity index (χ0v) is 31.9. The minimum absolute atomic E-state index is 0.239. The molecule has 7 rings (SSSR count). The molecule has 282 valence electrons. The van der Waals surface area contributed by atoms with E-state index in [0.29, 0.717) is 72.6 Å². The Balaban J connectivity index is 0.808. The number of amides is 1.